The lowest BCUT2D eigenvalue weighted by molar-refractivity contribution is -0.142. The third-order valence-electron chi connectivity index (χ3n) is 11.0. The van der Waals surface area contributed by atoms with Gasteiger partial charge in [-0.2, -0.15) is 0 Å². The summed E-state index contributed by atoms with van der Waals surface area (Å²) in [5.41, 5.74) is 16.2. The minimum Gasteiger partial charge on any atom is -0.391 e. The Bertz CT molecular complexity index is 1610. The number of nitrogens with zero attached hydrogens (tertiary/aromatic N) is 2. The summed E-state index contributed by atoms with van der Waals surface area (Å²) in [6.07, 6.45) is 0.936. The molecule has 63 heavy (non-hydrogen) atoms. The van der Waals surface area contributed by atoms with Gasteiger partial charge in [-0.15, -0.1) is 0 Å². The Morgan fingerprint density at radius 2 is 1.19 bits per heavy atom. The number of likely N-dealkylation sites (N-methyl/N-ethyl adjacent to an activating group) is 1. The maximum Gasteiger partial charge on any atom is 0.245 e. The zero-order valence-corrected chi connectivity index (χ0v) is 38.2. The van der Waals surface area contributed by atoms with Crippen molar-refractivity contribution in [3.05, 3.63) is 0 Å². The van der Waals surface area contributed by atoms with Gasteiger partial charge in [0.05, 0.1) is 6.10 Å². The molecule has 1 aliphatic rings. The lowest BCUT2D eigenvalue weighted by Gasteiger charge is -2.32. The predicted molar refractivity (Wildman–Crippen MR) is 235 cm³/mol. The van der Waals surface area contributed by atoms with Crippen molar-refractivity contribution in [2.24, 2.45) is 34.0 Å². The molecule has 1 saturated heterocycles. The maximum absolute atomic E-state index is 14.1. The van der Waals surface area contributed by atoms with Crippen molar-refractivity contribution in [1.29, 1.82) is 0 Å². The van der Waals surface area contributed by atoms with Crippen LogP contribution in [0.1, 0.15) is 120 Å². The number of likely N-dealkylation sites (tertiary alicyclic amines) is 1. The van der Waals surface area contributed by atoms with Crippen molar-refractivity contribution >= 4 is 59.1 Å². The molecule has 0 radical (unpaired) electrons. The summed E-state index contributed by atoms with van der Waals surface area (Å²) >= 11 is 0. The second kappa shape index (κ2) is 28.2. The highest BCUT2D eigenvalue weighted by atomic mass is 16.3. The smallest absolute Gasteiger partial charge is 0.245 e. The molecule has 22 nitrogen and oxygen atoms in total. The molecule has 0 aromatic carbocycles. The fraction of sp³-hybridized carbons (Fsp3) is 0.756. The first-order chi connectivity index (χ1) is 29.6. The zero-order valence-electron chi connectivity index (χ0n) is 38.2. The van der Waals surface area contributed by atoms with Gasteiger partial charge in [0.1, 0.15) is 42.3 Å². The van der Waals surface area contributed by atoms with E-state index in [-0.39, 0.29) is 44.1 Å². The molecule has 10 atom stereocenters. The van der Waals surface area contributed by atoms with E-state index >= 15 is 0 Å². The lowest BCUT2D eigenvalue weighted by atomic mass is 9.96. The van der Waals surface area contributed by atoms with E-state index in [1.807, 2.05) is 6.92 Å². The molecule has 0 unspecified atom stereocenters. The number of guanidine groups is 1. The Morgan fingerprint density at radius 1 is 0.683 bits per heavy atom. The van der Waals surface area contributed by atoms with Crippen molar-refractivity contribution < 1.29 is 48.3 Å². The molecule has 9 amide bonds. The molecule has 0 aromatic rings. The van der Waals surface area contributed by atoms with E-state index in [1.54, 1.807) is 34.6 Å². The standard InChI is InChI=1S/C41H74N12O10/c1-9-15-26(48-39(62)33(24(7)54)52-38(61)32(23(6)11-3)51-35(58)27(47-25(8)55)18-19-30(42)56)34(57)50-31(22(5)10-2)37(60)49-28(16-13-20-46-41(43)44)40(63)53-21-14-17-29(53)36(59)45-12-4/h22-24,26-29,31-33,54H,9-21H2,1-8H3,(H2,42,56)(H,45,59)(H,47,55)(H,48,62)(H,49,60)(H,50,57)(H,51,58)(H,52,61)(H4,43,44,46)/t22-,23-,24-,26-,27-,28-,29-,31-,32+,33+/m0/s1. The average Bonchev–Trinajstić information content (AvgIpc) is 3.72. The normalized spacial score (nSPS) is 17.7. The van der Waals surface area contributed by atoms with E-state index in [9.17, 15) is 48.3 Å². The van der Waals surface area contributed by atoms with Crippen LogP contribution in [0.25, 0.3) is 0 Å². The van der Waals surface area contributed by atoms with Crippen LogP contribution >= 0.6 is 0 Å². The van der Waals surface area contributed by atoms with Gasteiger partial charge in [0.25, 0.3) is 0 Å². The van der Waals surface area contributed by atoms with Crippen molar-refractivity contribution in [2.75, 3.05) is 19.6 Å². The van der Waals surface area contributed by atoms with Gasteiger partial charge in [0, 0.05) is 33.0 Å². The Labute approximate surface area is 370 Å². The summed E-state index contributed by atoms with van der Waals surface area (Å²) in [4.78, 5) is 124. The number of aliphatic hydroxyl groups excluding tert-OH is 1. The van der Waals surface area contributed by atoms with E-state index < -0.39 is 107 Å². The van der Waals surface area contributed by atoms with Gasteiger partial charge >= 0.3 is 0 Å². The first kappa shape index (κ1) is 55.5. The van der Waals surface area contributed by atoms with Gasteiger partial charge in [-0.1, -0.05) is 53.9 Å². The molecule has 1 rings (SSSR count). The fourth-order valence-electron chi connectivity index (χ4n) is 7.00. The van der Waals surface area contributed by atoms with Crippen LogP contribution in [0.4, 0.5) is 0 Å². The Balaban J connectivity index is 3.35. The van der Waals surface area contributed by atoms with Gasteiger partial charge in [-0.05, 0) is 64.2 Å². The first-order valence-electron chi connectivity index (χ1n) is 22.0. The number of rotatable bonds is 28. The monoisotopic (exact) mass is 895 g/mol. The van der Waals surface area contributed by atoms with E-state index in [1.165, 1.54) is 18.7 Å². The third kappa shape index (κ3) is 18.8. The third-order valence-corrected chi connectivity index (χ3v) is 11.0. The summed E-state index contributed by atoms with van der Waals surface area (Å²) in [6.45, 7) is 13.8. The lowest BCUT2D eigenvalue weighted by Crippen LogP contribution is -2.62. The van der Waals surface area contributed by atoms with Gasteiger partial charge in [0.2, 0.25) is 53.2 Å². The number of aliphatic imine (C=N–C) groups is 1. The van der Waals surface area contributed by atoms with E-state index in [4.69, 9.17) is 17.2 Å². The predicted octanol–water partition coefficient (Wildman–Crippen LogP) is -2.37. The van der Waals surface area contributed by atoms with Crippen LogP contribution in [0.15, 0.2) is 4.99 Å². The largest absolute Gasteiger partial charge is 0.391 e. The second-order valence-electron chi connectivity index (χ2n) is 16.2. The van der Waals surface area contributed by atoms with Crippen LogP contribution in [0.5, 0.6) is 0 Å². The van der Waals surface area contributed by atoms with Crippen molar-refractivity contribution in [2.45, 2.75) is 168 Å². The average molecular weight is 895 g/mol. The quantitative estimate of drug-likeness (QED) is 0.0223. The molecule has 0 saturated carbocycles. The topological polar surface area (TPSA) is 352 Å². The van der Waals surface area contributed by atoms with Crippen LogP contribution in [-0.4, -0.2) is 137 Å². The van der Waals surface area contributed by atoms with Gasteiger partial charge in [-0.25, -0.2) is 0 Å². The van der Waals surface area contributed by atoms with Gasteiger partial charge in [-0.3, -0.25) is 48.1 Å². The summed E-state index contributed by atoms with van der Waals surface area (Å²) in [5, 5.41) is 29.1. The molecule has 0 spiro atoms. The number of primary amides is 1. The van der Waals surface area contributed by atoms with Crippen LogP contribution in [-0.2, 0) is 43.2 Å². The van der Waals surface area contributed by atoms with E-state index in [2.05, 4.69) is 42.2 Å². The minimum absolute atomic E-state index is 0.0936. The number of nitrogens with two attached hydrogens (primary N) is 3. The van der Waals surface area contributed by atoms with Crippen LogP contribution in [0, 0.1) is 11.8 Å². The highest BCUT2D eigenvalue weighted by molar-refractivity contribution is 5.98. The minimum atomic E-state index is -1.61. The molecular weight excluding hydrogens is 821 g/mol. The number of aliphatic hydroxyl groups is 1. The molecule has 1 fully saturated rings. The SMILES string of the molecule is CCC[C@H](NC(=O)[C@H](NC(=O)[C@H](NC(=O)[C@H](CCC(N)=O)NC(C)=O)[C@@H](C)CC)[C@H](C)O)C(=O)N[C@H](C(=O)N[C@@H](CCCN=C(N)N)C(=O)N1CCC[C@H]1C(=O)NCC)[C@@H](C)CC. The Kier molecular flexibility index (Phi) is 24.8. The molecule has 0 aliphatic carbocycles. The molecule has 14 N–H and O–H groups in total. The number of carbonyl (C=O) groups is 9. The molecule has 1 heterocycles. The first-order valence-corrected chi connectivity index (χ1v) is 22.0. The summed E-state index contributed by atoms with van der Waals surface area (Å²) < 4.78 is 0. The molecule has 1 aliphatic heterocycles. The second-order valence-corrected chi connectivity index (χ2v) is 16.2. The highest BCUT2D eigenvalue weighted by Crippen LogP contribution is 2.21. The molecular formula is C41H74N12O10. The molecule has 0 bridgehead atoms. The number of nitrogens with one attached hydrogen (secondary N) is 7. The summed E-state index contributed by atoms with van der Waals surface area (Å²) in [6, 6.07) is -8.29. The van der Waals surface area contributed by atoms with Gasteiger partial charge < -0.3 is 64.4 Å². The molecule has 22 heteroatoms. The van der Waals surface area contributed by atoms with E-state index in [0.29, 0.717) is 51.6 Å². The zero-order chi connectivity index (χ0) is 48.0. The highest BCUT2D eigenvalue weighted by Gasteiger charge is 2.40. The number of carbonyl (C=O) groups excluding carboxylic acids is 9. The summed E-state index contributed by atoms with van der Waals surface area (Å²) in [7, 11) is 0. The van der Waals surface area contributed by atoms with Crippen LogP contribution in [0.2, 0.25) is 0 Å². The maximum atomic E-state index is 14.1. The van der Waals surface area contributed by atoms with E-state index in [0.717, 1.165) is 0 Å². The Hall–Kier alpha value is -5.54. The van der Waals surface area contributed by atoms with Crippen LogP contribution in [0.3, 0.4) is 0 Å². The molecule has 358 valence electrons. The van der Waals surface area contributed by atoms with Crippen molar-refractivity contribution in [3.63, 3.8) is 0 Å². The summed E-state index contributed by atoms with van der Waals surface area (Å²) in [5.74, 6) is -7.08. The Morgan fingerprint density at radius 3 is 1.67 bits per heavy atom. The number of hydrogen-bond acceptors (Lipinski definition) is 11. The van der Waals surface area contributed by atoms with Crippen molar-refractivity contribution in [1.82, 2.24) is 42.1 Å². The fourth-order valence-corrected chi connectivity index (χ4v) is 7.00. The van der Waals surface area contributed by atoms with Gasteiger partial charge in [0.15, 0.2) is 5.96 Å². The van der Waals surface area contributed by atoms with Crippen LogP contribution < -0.4 is 54.4 Å². The number of amides is 9. The molecule has 0 aromatic heterocycles. The van der Waals surface area contributed by atoms with Crippen molar-refractivity contribution in [3.8, 4) is 0 Å². The number of hydrogen-bond donors (Lipinski definition) is 11.